The number of para-hydroxylation sites is 2. The van der Waals surface area contributed by atoms with Gasteiger partial charge in [-0.3, -0.25) is 9.36 Å². The van der Waals surface area contributed by atoms with E-state index < -0.39 is 0 Å². The van der Waals surface area contributed by atoms with Crippen molar-refractivity contribution < 1.29 is 4.74 Å². The smallest absolute Gasteiger partial charge is 0.273 e. The first-order chi connectivity index (χ1) is 12.7. The third-order valence-corrected chi connectivity index (χ3v) is 5.30. The summed E-state index contributed by atoms with van der Waals surface area (Å²) in [6.07, 6.45) is 1.76. The monoisotopic (exact) mass is 379 g/mol. The number of benzene rings is 1. The van der Waals surface area contributed by atoms with Gasteiger partial charge >= 0.3 is 0 Å². The second-order valence-corrected chi connectivity index (χ2v) is 6.92. The molecule has 1 aromatic carbocycles. The molecule has 0 radical (unpaired) electrons. The Morgan fingerprint density at radius 2 is 2.04 bits per heavy atom. The maximum atomic E-state index is 13.1. The number of nitrogens with zero attached hydrogens (tertiary/aromatic N) is 3. The first-order valence-corrected chi connectivity index (χ1v) is 9.48. The van der Waals surface area contributed by atoms with Gasteiger partial charge in [-0.1, -0.05) is 12.1 Å². The highest BCUT2D eigenvalue weighted by atomic mass is 32.1. The summed E-state index contributed by atoms with van der Waals surface area (Å²) >= 11 is 2.66. The maximum absolute atomic E-state index is 13.1. The molecule has 0 atom stereocenters. The molecule has 0 aliphatic heterocycles. The third kappa shape index (κ3) is 3.31. The van der Waals surface area contributed by atoms with Crippen molar-refractivity contribution in [2.45, 2.75) is 6.92 Å². The van der Waals surface area contributed by atoms with Crippen LogP contribution in [0.2, 0.25) is 0 Å². The molecule has 0 saturated heterocycles. The number of rotatable bonds is 4. The Labute approximate surface area is 157 Å². The van der Waals surface area contributed by atoms with Crippen molar-refractivity contribution in [1.82, 2.24) is 4.57 Å². The largest absolute Gasteiger partial charge is 0.492 e. The minimum Gasteiger partial charge on any atom is -0.492 e. The second kappa shape index (κ2) is 7.83. The average molecular weight is 379 g/mol. The summed E-state index contributed by atoms with van der Waals surface area (Å²) in [5, 5.41) is 22.5. The molecule has 0 aliphatic rings. The van der Waals surface area contributed by atoms with E-state index in [0.717, 1.165) is 16.9 Å². The highest BCUT2D eigenvalue weighted by Crippen LogP contribution is 2.20. The van der Waals surface area contributed by atoms with Crippen LogP contribution in [0.3, 0.4) is 0 Å². The van der Waals surface area contributed by atoms with Gasteiger partial charge in [-0.15, -0.1) is 11.3 Å². The van der Waals surface area contributed by atoms with Crippen LogP contribution in [0.1, 0.15) is 12.5 Å². The molecule has 0 spiro atoms. The van der Waals surface area contributed by atoms with Crippen molar-refractivity contribution >= 4 is 34.3 Å². The fraction of sp³-hybridized carbons (Fsp3) is 0.105. The molecule has 5 nitrogen and oxygen atoms in total. The van der Waals surface area contributed by atoms with Crippen LogP contribution in [0.5, 0.6) is 5.75 Å². The highest BCUT2D eigenvalue weighted by Gasteiger charge is 2.14. The minimum absolute atomic E-state index is 0.108. The normalized spacial score (nSPS) is 11.0. The van der Waals surface area contributed by atoms with Gasteiger partial charge in [-0.2, -0.15) is 21.9 Å². The van der Waals surface area contributed by atoms with Crippen molar-refractivity contribution in [2.75, 3.05) is 6.61 Å². The number of hydrogen-bond donors (Lipinski definition) is 0. The van der Waals surface area contributed by atoms with Gasteiger partial charge in [0.25, 0.3) is 5.56 Å². The van der Waals surface area contributed by atoms with Crippen LogP contribution in [0, 0.1) is 22.7 Å². The van der Waals surface area contributed by atoms with Crippen molar-refractivity contribution in [1.29, 1.82) is 10.5 Å². The zero-order chi connectivity index (χ0) is 18.5. The SMILES string of the molecule is CCOc1ccccc1-n1c(=C(C#N)C#N)s/c(=C/c2ccsc2)c1=O. The molecule has 0 aliphatic carbocycles. The van der Waals surface area contributed by atoms with Gasteiger partial charge in [0, 0.05) is 0 Å². The lowest BCUT2D eigenvalue weighted by Gasteiger charge is -2.10. The molecular formula is C19H13N3O2S2. The van der Waals surface area contributed by atoms with Gasteiger partial charge in [-0.05, 0) is 47.5 Å². The number of hydrogen-bond acceptors (Lipinski definition) is 6. The van der Waals surface area contributed by atoms with E-state index in [1.165, 1.54) is 15.9 Å². The Morgan fingerprint density at radius 3 is 2.69 bits per heavy atom. The van der Waals surface area contributed by atoms with Crippen LogP contribution >= 0.6 is 22.7 Å². The first-order valence-electron chi connectivity index (χ1n) is 7.72. The van der Waals surface area contributed by atoms with E-state index >= 15 is 0 Å². The van der Waals surface area contributed by atoms with E-state index in [0.29, 0.717) is 27.2 Å². The standard InChI is InChI=1S/C19H13N3O2S2/c1-2-24-16-6-4-3-5-15(16)22-18(23)17(9-13-7-8-25-12-13)26-19(22)14(10-20)11-21/h3-9,12H,2H2,1H3/b17-9+. The lowest BCUT2D eigenvalue weighted by Crippen LogP contribution is -2.31. The van der Waals surface area contributed by atoms with Crippen LogP contribution in [-0.2, 0) is 0 Å². The first kappa shape index (κ1) is 17.7. The molecule has 0 fully saturated rings. The van der Waals surface area contributed by atoms with Crippen molar-refractivity contribution in [3.8, 4) is 23.6 Å². The van der Waals surface area contributed by atoms with Gasteiger partial charge in [0.1, 0.15) is 22.6 Å². The fourth-order valence-electron chi connectivity index (χ4n) is 2.42. The van der Waals surface area contributed by atoms with E-state index in [4.69, 9.17) is 4.74 Å². The molecular weight excluding hydrogens is 366 g/mol. The summed E-state index contributed by atoms with van der Waals surface area (Å²) in [7, 11) is 0. The average Bonchev–Trinajstić information content (AvgIpc) is 3.27. The summed E-state index contributed by atoms with van der Waals surface area (Å²) in [6, 6.07) is 12.8. The maximum Gasteiger partial charge on any atom is 0.273 e. The van der Waals surface area contributed by atoms with Crippen LogP contribution in [0.15, 0.2) is 45.9 Å². The molecule has 2 heterocycles. The zero-order valence-corrected chi connectivity index (χ0v) is 15.4. The highest BCUT2D eigenvalue weighted by molar-refractivity contribution is 7.08. The molecule has 0 amide bonds. The summed E-state index contributed by atoms with van der Waals surface area (Å²) in [6.45, 7) is 2.29. The number of aromatic nitrogens is 1. The van der Waals surface area contributed by atoms with Gasteiger partial charge in [-0.25, -0.2) is 0 Å². The van der Waals surface area contributed by atoms with E-state index in [-0.39, 0.29) is 11.1 Å². The molecule has 128 valence electrons. The van der Waals surface area contributed by atoms with Crippen LogP contribution < -0.4 is 19.5 Å². The number of nitriles is 2. The molecule has 3 aromatic rings. The van der Waals surface area contributed by atoms with E-state index in [2.05, 4.69) is 0 Å². The van der Waals surface area contributed by atoms with Crippen molar-refractivity contribution in [3.05, 3.63) is 66.2 Å². The van der Waals surface area contributed by atoms with E-state index in [9.17, 15) is 15.3 Å². The third-order valence-electron chi connectivity index (χ3n) is 3.51. The number of thiophene rings is 1. The predicted molar refractivity (Wildman–Crippen MR) is 103 cm³/mol. The Bertz CT molecular complexity index is 1170. The van der Waals surface area contributed by atoms with Crippen LogP contribution in [0.25, 0.3) is 17.3 Å². The molecule has 2 aromatic heterocycles. The Morgan fingerprint density at radius 1 is 1.27 bits per heavy atom. The Hall–Kier alpha value is -3.13. The molecule has 26 heavy (non-hydrogen) atoms. The zero-order valence-electron chi connectivity index (χ0n) is 13.8. The lowest BCUT2D eigenvalue weighted by atomic mass is 10.2. The molecule has 0 N–H and O–H groups in total. The predicted octanol–water partition coefficient (Wildman–Crippen LogP) is 2.39. The van der Waals surface area contributed by atoms with Crippen molar-refractivity contribution in [2.24, 2.45) is 0 Å². The summed E-state index contributed by atoms with van der Waals surface area (Å²) in [5.41, 5.74) is 1.02. The number of ether oxygens (including phenoxy) is 1. The Balaban J connectivity index is 2.42. The van der Waals surface area contributed by atoms with Crippen LogP contribution in [0.4, 0.5) is 0 Å². The van der Waals surface area contributed by atoms with Gasteiger partial charge in [0.05, 0.1) is 16.8 Å². The molecule has 3 rings (SSSR count). The Kier molecular flexibility index (Phi) is 5.33. The summed E-state index contributed by atoms with van der Waals surface area (Å²) in [5.74, 6) is 0.522. The van der Waals surface area contributed by atoms with E-state index in [1.807, 2.05) is 42.0 Å². The lowest BCUT2D eigenvalue weighted by molar-refractivity contribution is 0.339. The van der Waals surface area contributed by atoms with Crippen LogP contribution in [-0.4, -0.2) is 11.2 Å². The molecule has 7 heteroatoms. The minimum atomic E-state index is -0.286. The molecule has 0 bridgehead atoms. The fourth-order valence-corrected chi connectivity index (χ4v) is 4.08. The molecule has 0 saturated carbocycles. The van der Waals surface area contributed by atoms with E-state index in [1.54, 1.807) is 24.3 Å². The molecule has 0 unspecified atom stereocenters. The number of thiazole rings is 1. The quantitative estimate of drug-likeness (QED) is 0.697. The second-order valence-electron chi connectivity index (χ2n) is 5.11. The summed E-state index contributed by atoms with van der Waals surface area (Å²) < 4.78 is 7.76. The topological polar surface area (TPSA) is 78.8 Å². The van der Waals surface area contributed by atoms with Crippen molar-refractivity contribution in [3.63, 3.8) is 0 Å². The summed E-state index contributed by atoms with van der Waals surface area (Å²) in [4.78, 5) is 13.1. The van der Waals surface area contributed by atoms with Gasteiger partial charge in [0.15, 0.2) is 5.57 Å². The van der Waals surface area contributed by atoms with Gasteiger partial charge in [0.2, 0.25) is 0 Å². The van der Waals surface area contributed by atoms with Gasteiger partial charge < -0.3 is 4.74 Å².